The summed E-state index contributed by atoms with van der Waals surface area (Å²) in [4.78, 5) is 17.2. The smallest absolute Gasteiger partial charge is 0.265 e. The highest BCUT2D eigenvalue weighted by Crippen LogP contribution is 2.34. The number of ether oxygens (including phenoxy) is 1. The van der Waals surface area contributed by atoms with Crippen LogP contribution in [-0.4, -0.2) is 30.7 Å². The number of carbonyl (C=O) groups excluding carboxylic acids is 1. The van der Waals surface area contributed by atoms with E-state index < -0.39 is 20.7 Å². The van der Waals surface area contributed by atoms with Crippen molar-refractivity contribution < 1.29 is 17.9 Å². The second kappa shape index (κ2) is 8.67. The minimum atomic E-state index is -3.81. The Morgan fingerprint density at radius 1 is 1.22 bits per heavy atom. The van der Waals surface area contributed by atoms with E-state index in [1.165, 1.54) is 0 Å². The molecule has 0 radical (unpaired) electrons. The van der Waals surface area contributed by atoms with Gasteiger partial charge >= 0.3 is 0 Å². The number of fused-ring (bicyclic) bond motifs is 1. The highest BCUT2D eigenvalue weighted by Gasteiger charge is 2.31. The van der Waals surface area contributed by atoms with E-state index in [1.807, 2.05) is 35.8 Å². The molecule has 0 bridgehead atoms. The Kier molecular flexibility index (Phi) is 6.09. The fourth-order valence-electron chi connectivity index (χ4n) is 3.63. The third-order valence-corrected chi connectivity index (χ3v) is 8.25. The van der Waals surface area contributed by atoms with Crippen molar-refractivity contribution in [3.05, 3.63) is 70.2 Å². The Morgan fingerprint density at radius 2 is 2.00 bits per heavy atom. The third kappa shape index (κ3) is 4.71. The van der Waals surface area contributed by atoms with E-state index in [-0.39, 0.29) is 0 Å². The number of benzene rings is 2. The highest BCUT2D eigenvalue weighted by atomic mass is 32.2. The van der Waals surface area contributed by atoms with Crippen LogP contribution < -0.4 is 9.46 Å². The van der Waals surface area contributed by atoms with Gasteiger partial charge in [-0.15, -0.1) is 11.3 Å². The summed E-state index contributed by atoms with van der Waals surface area (Å²) in [6.07, 6.45) is 1.79. The van der Waals surface area contributed by atoms with Gasteiger partial charge in [0.2, 0.25) is 10.0 Å². The van der Waals surface area contributed by atoms with Crippen molar-refractivity contribution in [2.75, 3.05) is 6.61 Å². The number of amides is 1. The monoisotopic (exact) mass is 470 g/mol. The number of thiazole rings is 1. The van der Waals surface area contributed by atoms with Gasteiger partial charge in [0, 0.05) is 16.9 Å². The molecule has 2 aromatic carbocycles. The van der Waals surface area contributed by atoms with Gasteiger partial charge in [-0.05, 0) is 62.4 Å². The molecule has 0 saturated heterocycles. The summed E-state index contributed by atoms with van der Waals surface area (Å²) in [6, 6.07) is 12.9. The molecule has 0 aliphatic carbocycles. The third-order valence-electron chi connectivity index (χ3n) is 5.55. The molecular formula is C24H26N2O4S2. The molecule has 1 aromatic heterocycles. The number of sulfonamides is 1. The molecule has 1 aliphatic heterocycles. The van der Waals surface area contributed by atoms with Gasteiger partial charge in [-0.1, -0.05) is 30.3 Å². The lowest BCUT2D eigenvalue weighted by atomic mass is 9.91. The van der Waals surface area contributed by atoms with Crippen molar-refractivity contribution in [1.29, 1.82) is 0 Å². The van der Waals surface area contributed by atoms with E-state index in [4.69, 9.17) is 4.74 Å². The average molecular weight is 471 g/mol. The molecule has 0 unspecified atom stereocenters. The van der Waals surface area contributed by atoms with E-state index in [0.29, 0.717) is 23.7 Å². The predicted octanol–water partition coefficient (Wildman–Crippen LogP) is 4.46. The topological polar surface area (TPSA) is 85.4 Å². The number of rotatable bonds is 5. The fourth-order valence-corrected chi connectivity index (χ4v) is 4.86. The minimum Gasteiger partial charge on any atom is -0.493 e. The second-order valence-electron chi connectivity index (χ2n) is 8.98. The van der Waals surface area contributed by atoms with Crippen LogP contribution in [0.25, 0.3) is 11.1 Å². The van der Waals surface area contributed by atoms with E-state index in [2.05, 4.69) is 15.1 Å². The van der Waals surface area contributed by atoms with Gasteiger partial charge in [0.1, 0.15) is 5.75 Å². The molecule has 2 heterocycles. The molecule has 3 aromatic rings. The lowest BCUT2D eigenvalue weighted by molar-refractivity contribution is 0.0981. The summed E-state index contributed by atoms with van der Waals surface area (Å²) < 4.78 is 32.1. The molecule has 32 heavy (non-hydrogen) atoms. The first-order valence-electron chi connectivity index (χ1n) is 10.4. The van der Waals surface area contributed by atoms with Crippen LogP contribution in [0.1, 0.15) is 42.4 Å². The van der Waals surface area contributed by atoms with Crippen molar-refractivity contribution in [2.24, 2.45) is 5.92 Å². The lowest BCUT2D eigenvalue weighted by Gasteiger charge is -2.25. The van der Waals surface area contributed by atoms with Gasteiger partial charge in [-0.2, -0.15) is 0 Å². The zero-order valence-corrected chi connectivity index (χ0v) is 19.9. The van der Waals surface area contributed by atoms with Crippen LogP contribution in [0.2, 0.25) is 0 Å². The Labute approximate surface area is 192 Å². The first kappa shape index (κ1) is 22.5. The van der Waals surface area contributed by atoms with Crippen LogP contribution in [0.15, 0.2) is 53.4 Å². The van der Waals surface area contributed by atoms with E-state index in [0.717, 1.165) is 35.4 Å². The number of aromatic nitrogens is 1. The maximum Gasteiger partial charge on any atom is 0.265 e. The first-order valence-corrected chi connectivity index (χ1v) is 12.9. The number of nitrogens with zero attached hydrogens (tertiary/aromatic N) is 1. The predicted molar refractivity (Wildman–Crippen MR) is 127 cm³/mol. The molecule has 1 N–H and O–H groups in total. The van der Waals surface area contributed by atoms with Gasteiger partial charge in [0.15, 0.2) is 0 Å². The standard InChI is InChI=1S/C24H26N2O4S2/c1-24(2,3)32(28,29)26-23(27)21-7-5-4-6-20(21)17-8-9-18-10-16(13-30-22(18)12-17)11-19-14-31-15-25-19/h4-9,12,14-16H,10-11,13H2,1-3H3,(H,26,27)/t16-/m0/s1. The van der Waals surface area contributed by atoms with Crippen LogP contribution in [0, 0.1) is 5.92 Å². The second-order valence-corrected chi connectivity index (χ2v) is 12.1. The summed E-state index contributed by atoms with van der Waals surface area (Å²) in [6.45, 7) is 5.27. The average Bonchev–Trinajstić information content (AvgIpc) is 3.25. The molecular weight excluding hydrogens is 444 g/mol. The van der Waals surface area contributed by atoms with Crippen LogP contribution in [0.4, 0.5) is 0 Å². The zero-order valence-electron chi connectivity index (χ0n) is 18.3. The van der Waals surface area contributed by atoms with Gasteiger partial charge in [0.05, 0.1) is 22.6 Å². The fraction of sp³-hybridized carbons (Fsp3) is 0.333. The first-order chi connectivity index (χ1) is 15.1. The minimum absolute atomic E-state index is 0.303. The van der Waals surface area contributed by atoms with Crippen LogP contribution >= 0.6 is 11.3 Å². The van der Waals surface area contributed by atoms with Crippen molar-refractivity contribution >= 4 is 27.3 Å². The maximum atomic E-state index is 12.9. The van der Waals surface area contributed by atoms with Crippen molar-refractivity contribution in [3.63, 3.8) is 0 Å². The highest BCUT2D eigenvalue weighted by molar-refractivity contribution is 7.91. The number of hydrogen-bond donors (Lipinski definition) is 1. The number of hydrogen-bond acceptors (Lipinski definition) is 6. The summed E-state index contributed by atoms with van der Waals surface area (Å²) in [5.74, 6) is 0.531. The Balaban J connectivity index is 1.57. The summed E-state index contributed by atoms with van der Waals surface area (Å²) in [5, 5.41) is 2.07. The van der Waals surface area contributed by atoms with Crippen LogP contribution in [0.3, 0.4) is 0 Å². The quantitative estimate of drug-likeness (QED) is 0.595. The van der Waals surface area contributed by atoms with Gasteiger partial charge < -0.3 is 4.74 Å². The maximum absolute atomic E-state index is 12.9. The van der Waals surface area contributed by atoms with E-state index in [9.17, 15) is 13.2 Å². The van der Waals surface area contributed by atoms with Crippen molar-refractivity contribution in [1.82, 2.24) is 9.71 Å². The van der Waals surface area contributed by atoms with Crippen molar-refractivity contribution in [2.45, 2.75) is 38.4 Å². The van der Waals surface area contributed by atoms with E-state index in [1.54, 1.807) is 44.2 Å². The molecule has 6 nitrogen and oxygen atoms in total. The Bertz CT molecular complexity index is 1230. The molecule has 168 valence electrons. The molecule has 0 saturated carbocycles. The molecule has 0 spiro atoms. The van der Waals surface area contributed by atoms with E-state index >= 15 is 0 Å². The van der Waals surface area contributed by atoms with Crippen molar-refractivity contribution in [3.8, 4) is 16.9 Å². The number of nitrogens with one attached hydrogen (secondary N) is 1. The molecule has 4 rings (SSSR count). The van der Waals surface area contributed by atoms with Gasteiger partial charge in [-0.3, -0.25) is 4.79 Å². The molecule has 8 heteroatoms. The largest absolute Gasteiger partial charge is 0.493 e. The molecule has 1 amide bonds. The van der Waals surface area contributed by atoms with Gasteiger partial charge in [-0.25, -0.2) is 18.1 Å². The van der Waals surface area contributed by atoms with Crippen LogP contribution in [0.5, 0.6) is 5.75 Å². The Morgan fingerprint density at radius 3 is 2.72 bits per heavy atom. The summed E-state index contributed by atoms with van der Waals surface area (Å²) in [7, 11) is -3.81. The summed E-state index contributed by atoms with van der Waals surface area (Å²) in [5.41, 5.74) is 5.83. The van der Waals surface area contributed by atoms with Crippen LogP contribution in [-0.2, 0) is 22.9 Å². The molecule has 1 atom stereocenters. The Hall–Kier alpha value is -2.71. The molecule has 0 fully saturated rings. The zero-order chi connectivity index (χ0) is 22.9. The lowest BCUT2D eigenvalue weighted by Crippen LogP contribution is -2.42. The summed E-state index contributed by atoms with van der Waals surface area (Å²) >= 11 is 1.60. The SMILES string of the molecule is CC(C)(C)S(=O)(=O)NC(=O)c1ccccc1-c1ccc2c(c1)OC[C@H](Cc1cscn1)C2. The normalized spacial score (nSPS) is 16.2. The number of carbonyl (C=O) groups is 1. The van der Waals surface area contributed by atoms with Gasteiger partial charge in [0.25, 0.3) is 5.91 Å². The molecule has 1 aliphatic rings.